The number of nitrogens with two attached hydrogens (primary N) is 1. The highest BCUT2D eigenvalue weighted by Crippen LogP contribution is 2.24. The zero-order valence-corrected chi connectivity index (χ0v) is 19.5. The van der Waals surface area contributed by atoms with E-state index in [4.69, 9.17) is 17.3 Å². The Kier molecular flexibility index (Phi) is 7.24. The summed E-state index contributed by atoms with van der Waals surface area (Å²) >= 11 is 7.29. The number of nitrogens with one attached hydrogen (secondary N) is 1. The van der Waals surface area contributed by atoms with Crippen molar-refractivity contribution in [3.63, 3.8) is 0 Å². The van der Waals surface area contributed by atoms with E-state index in [1.165, 1.54) is 17.7 Å². The quantitative estimate of drug-likeness (QED) is 0.323. The van der Waals surface area contributed by atoms with E-state index >= 15 is 0 Å². The van der Waals surface area contributed by atoms with Crippen LogP contribution in [-0.2, 0) is 22.6 Å². The van der Waals surface area contributed by atoms with Crippen LogP contribution < -0.4 is 11.1 Å². The summed E-state index contributed by atoms with van der Waals surface area (Å²) in [5.41, 5.74) is 8.41. The first-order chi connectivity index (χ1) is 16.4. The molecule has 1 amide bonds. The first-order valence-corrected chi connectivity index (χ1v) is 11.7. The van der Waals surface area contributed by atoms with Gasteiger partial charge in [-0.25, -0.2) is 9.97 Å². The molecule has 0 bridgehead atoms. The fourth-order valence-electron chi connectivity index (χ4n) is 3.62. The summed E-state index contributed by atoms with van der Waals surface area (Å²) in [5.74, 6) is -2.16. The van der Waals surface area contributed by atoms with E-state index in [9.17, 15) is 14.7 Å². The van der Waals surface area contributed by atoms with Gasteiger partial charge < -0.3 is 20.7 Å². The third kappa shape index (κ3) is 5.81. The van der Waals surface area contributed by atoms with E-state index < -0.39 is 11.9 Å². The molecule has 4 rings (SSSR count). The van der Waals surface area contributed by atoms with Crippen molar-refractivity contribution < 1.29 is 14.7 Å². The number of rotatable bonds is 9. The Balaban J connectivity index is 1.48. The number of carboxylic acid groups (broad SMARTS) is 1. The SMILES string of the molecule is Nc1nc(CC(C(=O)O)c2cn(CC(=O)NC(c3ccccc3)c3ccc(Cl)cc3)cn2)cs1. The number of carbonyl (C=O) groups is 2. The monoisotopic (exact) mass is 495 g/mol. The minimum Gasteiger partial charge on any atom is -0.481 e. The Morgan fingerprint density at radius 2 is 1.82 bits per heavy atom. The zero-order chi connectivity index (χ0) is 24.1. The first kappa shape index (κ1) is 23.5. The van der Waals surface area contributed by atoms with Crippen LogP contribution in [0.3, 0.4) is 0 Å². The molecule has 4 N–H and O–H groups in total. The van der Waals surface area contributed by atoms with E-state index in [-0.39, 0.29) is 24.9 Å². The van der Waals surface area contributed by atoms with Crippen LogP contribution in [0.15, 0.2) is 72.5 Å². The molecule has 0 saturated heterocycles. The Hall–Kier alpha value is -3.69. The Morgan fingerprint density at radius 1 is 1.12 bits per heavy atom. The van der Waals surface area contributed by atoms with Crippen molar-refractivity contribution in [1.82, 2.24) is 19.9 Å². The Morgan fingerprint density at radius 3 is 2.47 bits per heavy atom. The van der Waals surface area contributed by atoms with Crippen LogP contribution in [0.5, 0.6) is 0 Å². The van der Waals surface area contributed by atoms with Crippen LogP contribution in [0.2, 0.25) is 5.02 Å². The van der Waals surface area contributed by atoms with Crippen molar-refractivity contribution in [2.75, 3.05) is 5.73 Å². The third-order valence-electron chi connectivity index (χ3n) is 5.26. The van der Waals surface area contributed by atoms with Gasteiger partial charge in [0, 0.05) is 23.0 Å². The van der Waals surface area contributed by atoms with Gasteiger partial charge in [0.2, 0.25) is 5.91 Å². The van der Waals surface area contributed by atoms with Crippen molar-refractivity contribution in [1.29, 1.82) is 0 Å². The van der Waals surface area contributed by atoms with Gasteiger partial charge in [-0.05, 0) is 23.3 Å². The second kappa shape index (κ2) is 10.5. The first-order valence-electron chi connectivity index (χ1n) is 10.4. The second-order valence-electron chi connectivity index (χ2n) is 7.71. The lowest BCUT2D eigenvalue weighted by molar-refractivity contribution is -0.138. The summed E-state index contributed by atoms with van der Waals surface area (Å²) in [6, 6.07) is 16.6. The number of hydrogen-bond donors (Lipinski definition) is 3. The van der Waals surface area contributed by atoms with E-state index in [1.54, 1.807) is 28.3 Å². The van der Waals surface area contributed by atoms with Gasteiger partial charge >= 0.3 is 5.97 Å². The van der Waals surface area contributed by atoms with E-state index in [0.717, 1.165) is 11.1 Å². The minimum atomic E-state index is -1.02. The van der Waals surface area contributed by atoms with Crippen LogP contribution in [-0.4, -0.2) is 31.5 Å². The maximum absolute atomic E-state index is 12.9. The molecule has 4 aromatic rings. The molecule has 2 aromatic carbocycles. The van der Waals surface area contributed by atoms with Crippen LogP contribution in [0.1, 0.15) is 34.5 Å². The number of imidazole rings is 1. The van der Waals surface area contributed by atoms with Crippen molar-refractivity contribution in [3.8, 4) is 0 Å². The number of benzene rings is 2. The Labute approximate surface area is 205 Å². The number of anilines is 1. The lowest BCUT2D eigenvalue weighted by Gasteiger charge is -2.20. The number of carboxylic acids is 1. The number of hydrogen-bond acceptors (Lipinski definition) is 6. The molecule has 0 aliphatic rings. The summed E-state index contributed by atoms with van der Waals surface area (Å²) in [7, 11) is 0. The fraction of sp³-hybridized carbons (Fsp3) is 0.167. The van der Waals surface area contributed by atoms with Crippen LogP contribution >= 0.6 is 22.9 Å². The largest absolute Gasteiger partial charge is 0.481 e. The smallest absolute Gasteiger partial charge is 0.313 e. The molecule has 8 nitrogen and oxygen atoms in total. The molecule has 2 atom stereocenters. The number of halogens is 1. The van der Waals surface area contributed by atoms with Crippen molar-refractivity contribution in [2.45, 2.75) is 24.9 Å². The van der Waals surface area contributed by atoms with Crippen LogP contribution in [0, 0.1) is 0 Å². The summed E-state index contributed by atoms with van der Waals surface area (Å²) < 4.78 is 1.57. The summed E-state index contributed by atoms with van der Waals surface area (Å²) in [6.45, 7) is -0.0140. The predicted molar refractivity (Wildman–Crippen MR) is 131 cm³/mol. The maximum atomic E-state index is 12.9. The number of carbonyl (C=O) groups excluding carboxylic acids is 1. The summed E-state index contributed by atoms with van der Waals surface area (Å²) in [4.78, 5) is 33.1. The molecule has 2 unspecified atom stereocenters. The van der Waals surface area contributed by atoms with Gasteiger partial charge in [-0.3, -0.25) is 9.59 Å². The molecule has 174 valence electrons. The topological polar surface area (TPSA) is 123 Å². The van der Waals surface area contributed by atoms with Gasteiger partial charge in [0.05, 0.1) is 23.8 Å². The molecule has 0 saturated carbocycles. The number of aliphatic carboxylic acids is 1. The number of amides is 1. The van der Waals surface area contributed by atoms with Gasteiger partial charge in [-0.1, -0.05) is 54.1 Å². The van der Waals surface area contributed by atoms with Gasteiger partial charge in [0.15, 0.2) is 5.13 Å². The average molecular weight is 496 g/mol. The van der Waals surface area contributed by atoms with E-state index in [1.807, 2.05) is 42.5 Å². The molecular weight excluding hydrogens is 474 g/mol. The third-order valence-corrected chi connectivity index (χ3v) is 6.23. The zero-order valence-electron chi connectivity index (χ0n) is 18.0. The number of nitrogen functional groups attached to an aromatic ring is 1. The van der Waals surface area contributed by atoms with Gasteiger partial charge in [0.25, 0.3) is 0 Å². The van der Waals surface area contributed by atoms with Crippen molar-refractivity contribution >= 4 is 39.9 Å². The molecular formula is C24H22ClN5O3S. The molecule has 2 aromatic heterocycles. The fourth-order valence-corrected chi connectivity index (χ4v) is 4.32. The predicted octanol–water partition coefficient (Wildman–Crippen LogP) is 3.89. The lowest BCUT2D eigenvalue weighted by Crippen LogP contribution is -2.32. The van der Waals surface area contributed by atoms with Gasteiger partial charge in [-0.15, -0.1) is 11.3 Å². The molecule has 0 spiro atoms. The second-order valence-corrected chi connectivity index (χ2v) is 9.03. The highest BCUT2D eigenvalue weighted by Gasteiger charge is 2.25. The highest BCUT2D eigenvalue weighted by atomic mass is 35.5. The van der Waals surface area contributed by atoms with Crippen molar-refractivity contribution in [3.05, 3.63) is 100 Å². The Bertz CT molecular complexity index is 1270. The van der Waals surface area contributed by atoms with Crippen LogP contribution in [0.25, 0.3) is 0 Å². The summed E-state index contributed by atoms with van der Waals surface area (Å²) in [5, 5.41) is 15.5. The molecule has 34 heavy (non-hydrogen) atoms. The average Bonchev–Trinajstić information content (AvgIpc) is 3.45. The minimum absolute atomic E-state index is 0.0140. The molecule has 0 fully saturated rings. The molecule has 0 aliphatic carbocycles. The molecule has 0 aliphatic heterocycles. The van der Waals surface area contributed by atoms with E-state index in [0.29, 0.717) is 21.5 Å². The maximum Gasteiger partial charge on any atom is 0.313 e. The normalized spacial score (nSPS) is 12.7. The molecule has 0 radical (unpaired) electrons. The molecule has 10 heteroatoms. The number of aromatic nitrogens is 3. The van der Waals surface area contributed by atoms with Crippen molar-refractivity contribution in [2.24, 2.45) is 0 Å². The summed E-state index contributed by atoms with van der Waals surface area (Å²) in [6.07, 6.45) is 3.20. The van der Waals surface area contributed by atoms with Gasteiger partial charge in [-0.2, -0.15) is 0 Å². The number of thiazole rings is 1. The van der Waals surface area contributed by atoms with E-state index in [2.05, 4.69) is 15.3 Å². The number of nitrogens with zero attached hydrogens (tertiary/aromatic N) is 3. The lowest BCUT2D eigenvalue weighted by atomic mass is 9.98. The van der Waals surface area contributed by atoms with Crippen LogP contribution in [0.4, 0.5) is 5.13 Å². The molecule has 2 heterocycles. The standard InChI is InChI=1S/C24H22ClN5O3S/c25-17-8-6-16(7-9-17)22(15-4-2-1-3-5-15)29-21(31)12-30-11-20(27-14-30)19(23(32)33)10-18-13-34-24(26)28-18/h1-9,11,13-14,19,22H,10,12H2,(H2,26,28)(H,29,31)(H,32,33). The van der Waals surface area contributed by atoms with Gasteiger partial charge in [0.1, 0.15) is 12.5 Å². The highest BCUT2D eigenvalue weighted by molar-refractivity contribution is 7.13.